The van der Waals surface area contributed by atoms with E-state index in [2.05, 4.69) is 54.1 Å². The van der Waals surface area contributed by atoms with Crippen LogP contribution in [0.4, 0.5) is 5.69 Å². The Bertz CT molecular complexity index is 545. The molecule has 0 bridgehead atoms. The molecule has 0 saturated carbocycles. The van der Waals surface area contributed by atoms with Crippen molar-refractivity contribution in [2.45, 2.75) is 19.4 Å². The summed E-state index contributed by atoms with van der Waals surface area (Å²) >= 11 is 0. The van der Waals surface area contributed by atoms with E-state index in [1.54, 1.807) is 0 Å². The lowest BCUT2D eigenvalue weighted by Gasteiger charge is -2.30. The van der Waals surface area contributed by atoms with Crippen molar-refractivity contribution in [2.24, 2.45) is 0 Å². The van der Waals surface area contributed by atoms with Crippen LogP contribution in [0.5, 0.6) is 0 Å². The molecule has 1 atom stereocenters. The van der Waals surface area contributed by atoms with Gasteiger partial charge in [0.1, 0.15) is 0 Å². The molecule has 94 valence electrons. The molecule has 0 radical (unpaired) electrons. The van der Waals surface area contributed by atoms with Gasteiger partial charge in [0, 0.05) is 25.6 Å². The number of benzene rings is 1. The van der Waals surface area contributed by atoms with Gasteiger partial charge in [-0.15, -0.1) is 0 Å². The molecule has 1 unspecified atom stereocenters. The fraction of sp³-hybridized carbons (Fsp3) is 0.250. The molecule has 0 aliphatic carbocycles. The number of allylic oxidation sites excluding steroid dienone is 3. The quantitative estimate of drug-likeness (QED) is 0.853. The first kappa shape index (κ1) is 11.1. The van der Waals surface area contributed by atoms with Gasteiger partial charge in [-0.05, 0) is 42.7 Å². The summed E-state index contributed by atoms with van der Waals surface area (Å²) in [4.78, 5) is 2.46. The molecule has 2 heterocycles. The number of hydrogen-bond donors (Lipinski definition) is 1. The van der Waals surface area contributed by atoms with Gasteiger partial charge in [-0.1, -0.05) is 24.8 Å². The van der Waals surface area contributed by atoms with Gasteiger partial charge in [0.2, 0.25) is 0 Å². The zero-order chi connectivity index (χ0) is 12.5. The lowest BCUT2D eigenvalue weighted by molar-refractivity contribution is 0.695. The van der Waals surface area contributed by atoms with E-state index in [0.717, 1.165) is 18.5 Å². The maximum absolute atomic E-state index is 4.00. The van der Waals surface area contributed by atoms with Crippen LogP contribution in [0.1, 0.15) is 13.9 Å². The molecular weight excluding hydrogens is 220 g/mol. The summed E-state index contributed by atoms with van der Waals surface area (Å²) in [7, 11) is 0. The van der Waals surface area contributed by atoms with E-state index in [0.29, 0.717) is 6.04 Å². The number of rotatable bonds is 2. The van der Waals surface area contributed by atoms with Crippen LogP contribution in [0, 0.1) is 0 Å². The molecule has 2 nitrogen and oxygen atoms in total. The van der Waals surface area contributed by atoms with Crippen molar-refractivity contribution in [3.05, 3.63) is 66.0 Å². The molecule has 1 aromatic rings. The second-order valence-electron chi connectivity index (χ2n) is 4.90. The molecule has 0 spiro atoms. The zero-order valence-electron chi connectivity index (χ0n) is 10.7. The molecule has 0 fully saturated rings. The molecule has 2 aliphatic rings. The Morgan fingerprint density at radius 3 is 3.06 bits per heavy atom. The minimum absolute atomic E-state index is 0. The third-order valence-corrected chi connectivity index (χ3v) is 3.73. The Kier molecular flexibility index (Phi) is 2.71. The zero-order valence-corrected chi connectivity index (χ0v) is 10.7. The summed E-state index contributed by atoms with van der Waals surface area (Å²) in [6.45, 7) is 7.33. The van der Waals surface area contributed by atoms with E-state index in [1.165, 1.54) is 16.9 Å². The Morgan fingerprint density at radius 2 is 2.22 bits per heavy atom. The number of anilines is 1. The number of nitrogens with zero attached hydrogens (tertiary/aromatic N) is 1. The van der Waals surface area contributed by atoms with Crippen LogP contribution in [-0.4, -0.2) is 12.6 Å². The molecule has 0 aromatic heterocycles. The van der Waals surface area contributed by atoms with Crippen molar-refractivity contribution >= 4 is 5.69 Å². The van der Waals surface area contributed by atoms with Crippen molar-refractivity contribution in [1.29, 1.82) is 0 Å². The first-order chi connectivity index (χ1) is 8.75. The average Bonchev–Trinajstić information content (AvgIpc) is 2.82. The Labute approximate surface area is 110 Å². The summed E-state index contributed by atoms with van der Waals surface area (Å²) < 4.78 is 0. The van der Waals surface area contributed by atoms with Gasteiger partial charge in [-0.2, -0.15) is 0 Å². The second kappa shape index (κ2) is 4.37. The highest BCUT2D eigenvalue weighted by Crippen LogP contribution is 2.31. The molecule has 1 aromatic carbocycles. The van der Waals surface area contributed by atoms with E-state index in [4.69, 9.17) is 0 Å². The first-order valence-corrected chi connectivity index (χ1v) is 6.44. The molecule has 1 N–H and O–H groups in total. The molecule has 18 heavy (non-hydrogen) atoms. The van der Waals surface area contributed by atoms with Crippen molar-refractivity contribution in [2.75, 3.05) is 11.4 Å². The van der Waals surface area contributed by atoms with E-state index < -0.39 is 0 Å². The summed E-state index contributed by atoms with van der Waals surface area (Å²) in [6.07, 6.45) is 7.24. The monoisotopic (exact) mass is 240 g/mol. The van der Waals surface area contributed by atoms with E-state index in [9.17, 15) is 0 Å². The molecule has 2 heteroatoms. The van der Waals surface area contributed by atoms with Crippen LogP contribution in [0.2, 0.25) is 0 Å². The highest BCUT2D eigenvalue weighted by Gasteiger charge is 2.25. The largest absolute Gasteiger partial charge is 0.363 e. The van der Waals surface area contributed by atoms with Crippen molar-refractivity contribution in [3.8, 4) is 0 Å². The number of nitrogens with one attached hydrogen (secondary N) is 1. The van der Waals surface area contributed by atoms with Gasteiger partial charge in [-0.3, -0.25) is 0 Å². The van der Waals surface area contributed by atoms with Gasteiger partial charge in [0.05, 0.1) is 6.04 Å². The summed E-state index contributed by atoms with van der Waals surface area (Å²) in [6, 6.07) is 9.03. The van der Waals surface area contributed by atoms with Crippen LogP contribution in [0.3, 0.4) is 0 Å². The van der Waals surface area contributed by atoms with Crippen LogP contribution < -0.4 is 10.2 Å². The number of dihydropyridines is 1. The third-order valence-electron chi connectivity index (χ3n) is 3.73. The smallest absolute Gasteiger partial charge is 0.0663 e. The van der Waals surface area contributed by atoms with Crippen LogP contribution in [-0.2, 0) is 6.42 Å². The second-order valence-corrected chi connectivity index (χ2v) is 4.90. The number of hydrogen-bond acceptors (Lipinski definition) is 2. The van der Waals surface area contributed by atoms with E-state index >= 15 is 0 Å². The predicted octanol–water partition coefficient (Wildman–Crippen LogP) is 3.24. The third kappa shape index (κ3) is 1.84. The Hall–Kier alpha value is -1.96. The number of para-hydroxylation sites is 1. The topological polar surface area (TPSA) is 15.3 Å². The van der Waals surface area contributed by atoms with Crippen LogP contribution >= 0.6 is 0 Å². The highest BCUT2D eigenvalue weighted by molar-refractivity contribution is 5.60. The lowest BCUT2D eigenvalue weighted by Crippen LogP contribution is -2.37. The first-order valence-electron chi connectivity index (χ1n) is 6.44. The van der Waals surface area contributed by atoms with Crippen LogP contribution in [0.25, 0.3) is 0 Å². The Balaban J connectivity index is 0.00000133. The van der Waals surface area contributed by atoms with Crippen molar-refractivity contribution in [3.63, 3.8) is 0 Å². The fourth-order valence-electron chi connectivity index (χ4n) is 2.71. The van der Waals surface area contributed by atoms with E-state index in [-0.39, 0.29) is 1.43 Å². The van der Waals surface area contributed by atoms with Gasteiger partial charge in [0.15, 0.2) is 0 Å². The van der Waals surface area contributed by atoms with Crippen LogP contribution in [0.15, 0.2) is 60.5 Å². The van der Waals surface area contributed by atoms with Crippen molar-refractivity contribution < 1.29 is 1.43 Å². The molecule has 3 rings (SSSR count). The minimum atomic E-state index is 0. The predicted molar refractivity (Wildman–Crippen MR) is 78.6 cm³/mol. The molecule has 0 saturated heterocycles. The van der Waals surface area contributed by atoms with Gasteiger partial charge in [-0.25, -0.2) is 0 Å². The summed E-state index contributed by atoms with van der Waals surface area (Å²) in [5.41, 5.74) is 5.10. The van der Waals surface area contributed by atoms with Gasteiger partial charge in [0.25, 0.3) is 0 Å². The summed E-state index contributed by atoms with van der Waals surface area (Å²) in [5, 5.41) is 3.34. The highest BCUT2D eigenvalue weighted by atomic mass is 15.2. The molecular formula is C16H20N2. The maximum atomic E-state index is 4.00. The SMILES string of the molecule is C=C1C=CNC(C(C)N2CCc3ccccc32)=C1.[HH]. The average molecular weight is 240 g/mol. The fourth-order valence-corrected chi connectivity index (χ4v) is 2.71. The van der Waals surface area contributed by atoms with Gasteiger partial charge >= 0.3 is 0 Å². The minimum Gasteiger partial charge on any atom is -0.363 e. The van der Waals surface area contributed by atoms with E-state index in [1.807, 2.05) is 12.3 Å². The lowest BCUT2D eigenvalue weighted by atomic mass is 10.1. The normalized spacial score (nSPS) is 19.3. The Morgan fingerprint density at radius 1 is 1.39 bits per heavy atom. The molecule has 0 amide bonds. The number of fused-ring (bicyclic) bond motifs is 1. The molecule has 2 aliphatic heterocycles. The van der Waals surface area contributed by atoms with Crippen molar-refractivity contribution in [1.82, 2.24) is 5.32 Å². The maximum Gasteiger partial charge on any atom is 0.0663 e. The standard InChI is InChI=1S/C16H18N2.H2/c1-12-7-9-17-15(11-12)13(2)18-10-8-14-5-3-4-6-16(14)18;/h3-7,9,11,13,17H,1,8,10H2,2H3;1H. The summed E-state index contributed by atoms with van der Waals surface area (Å²) in [5.74, 6) is 0. The van der Waals surface area contributed by atoms with Gasteiger partial charge < -0.3 is 10.2 Å².